The van der Waals surface area contributed by atoms with Crippen molar-refractivity contribution in [1.82, 2.24) is 5.32 Å². The first-order valence-corrected chi connectivity index (χ1v) is 8.93. The summed E-state index contributed by atoms with van der Waals surface area (Å²) in [6.45, 7) is 4.94. The van der Waals surface area contributed by atoms with E-state index in [0.717, 1.165) is 37.8 Å². The van der Waals surface area contributed by atoms with Gasteiger partial charge in [0.25, 0.3) is 0 Å². The van der Waals surface area contributed by atoms with Crippen LogP contribution >= 0.6 is 0 Å². The van der Waals surface area contributed by atoms with E-state index in [1.54, 1.807) is 0 Å². The number of rotatable bonds is 6. The van der Waals surface area contributed by atoms with Crippen molar-refractivity contribution in [1.29, 1.82) is 0 Å². The normalized spacial score (nSPS) is 18.1. The van der Waals surface area contributed by atoms with Crippen molar-refractivity contribution in [2.75, 3.05) is 11.3 Å². The zero-order valence-electron chi connectivity index (χ0n) is 12.2. The third kappa shape index (κ3) is 3.52. The molecule has 5 heteroatoms. The van der Waals surface area contributed by atoms with Gasteiger partial charge in [0.1, 0.15) is 0 Å². The second-order valence-corrected chi connectivity index (χ2v) is 7.38. The zero-order valence-corrected chi connectivity index (χ0v) is 13.0. The lowest BCUT2D eigenvalue weighted by Gasteiger charge is -2.20. The molecule has 0 heterocycles. The fraction of sp³-hybridized carbons (Fsp3) is 0.600. The molecule has 1 aliphatic carbocycles. The predicted molar refractivity (Wildman–Crippen MR) is 83.3 cm³/mol. The van der Waals surface area contributed by atoms with Crippen molar-refractivity contribution in [3.05, 3.63) is 29.8 Å². The Labute approximate surface area is 122 Å². The van der Waals surface area contributed by atoms with Crippen molar-refractivity contribution in [2.24, 2.45) is 0 Å². The molecule has 0 radical (unpaired) electrons. The van der Waals surface area contributed by atoms with Crippen LogP contribution in [0.3, 0.4) is 0 Å². The summed E-state index contributed by atoms with van der Waals surface area (Å²) in [7, 11) is -3.26. The van der Waals surface area contributed by atoms with Gasteiger partial charge in [0.15, 0.2) is 0 Å². The molecule has 2 rings (SSSR count). The largest absolute Gasteiger partial charge is 0.310 e. The molecule has 1 fully saturated rings. The van der Waals surface area contributed by atoms with Crippen molar-refractivity contribution < 1.29 is 8.42 Å². The molecule has 20 heavy (non-hydrogen) atoms. The van der Waals surface area contributed by atoms with Crippen LogP contribution in [0.5, 0.6) is 0 Å². The Kier molecular flexibility index (Phi) is 5.05. The van der Waals surface area contributed by atoms with Gasteiger partial charge in [-0.1, -0.05) is 38.0 Å². The topological polar surface area (TPSA) is 58.2 Å². The molecule has 0 bridgehead atoms. The number of sulfonamides is 1. The molecule has 1 atom stereocenters. The lowest BCUT2D eigenvalue weighted by Crippen LogP contribution is -2.27. The molecular weight excluding hydrogens is 272 g/mol. The summed E-state index contributed by atoms with van der Waals surface area (Å²) in [5.74, 6) is 0. The van der Waals surface area contributed by atoms with Crippen LogP contribution in [-0.2, 0) is 10.0 Å². The lowest BCUT2D eigenvalue weighted by atomic mass is 10.1. The predicted octanol–water partition coefficient (Wildman–Crippen LogP) is 3.04. The number of hydrogen-bond acceptors (Lipinski definition) is 3. The molecule has 0 aromatic heterocycles. The molecule has 1 unspecified atom stereocenters. The smallest absolute Gasteiger partial charge is 0.235 e. The quantitative estimate of drug-likeness (QED) is 0.848. The molecule has 4 nitrogen and oxygen atoms in total. The molecule has 1 aliphatic rings. The van der Waals surface area contributed by atoms with Gasteiger partial charge in [-0.2, -0.15) is 0 Å². The monoisotopic (exact) mass is 296 g/mol. The molecule has 0 aliphatic heterocycles. The van der Waals surface area contributed by atoms with Gasteiger partial charge in [-0.3, -0.25) is 4.72 Å². The van der Waals surface area contributed by atoms with Gasteiger partial charge in [0, 0.05) is 6.04 Å². The van der Waals surface area contributed by atoms with E-state index in [9.17, 15) is 8.42 Å². The minimum absolute atomic E-state index is 0.127. The SMILES string of the molecule is CCNC(C)c1ccccc1NS(=O)(=O)C1CCCC1. The van der Waals surface area contributed by atoms with Gasteiger partial charge in [0.2, 0.25) is 10.0 Å². The van der Waals surface area contributed by atoms with Gasteiger partial charge in [-0.15, -0.1) is 0 Å². The minimum atomic E-state index is -3.26. The fourth-order valence-electron chi connectivity index (χ4n) is 2.82. The maximum Gasteiger partial charge on any atom is 0.235 e. The zero-order chi connectivity index (χ0) is 14.6. The summed E-state index contributed by atoms with van der Waals surface area (Å²) in [6, 6.07) is 7.75. The molecule has 2 N–H and O–H groups in total. The van der Waals surface area contributed by atoms with E-state index in [-0.39, 0.29) is 11.3 Å². The fourth-order valence-corrected chi connectivity index (χ4v) is 4.43. The maximum atomic E-state index is 12.4. The van der Waals surface area contributed by atoms with E-state index >= 15 is 0 Å². The summed E-state index contributed by atoms with van der Waals surface area (Å²) in [5, 5.41) is 3.09. The Bertz CT molecular complexity index is 537. The van der Waals surface area contributed by atoms with Crippen LogP contribution in [0.15, 0.2) is 24.3 Å². The highest BCUT2D eigenvalue weighted by molar-refractivity contribution is 7.93. The standard InChI is InChI=1S/C15H24N2O2S/c1-3-16-12(2)14-10-6-7-11-15(14)17-20(18,19)13-8-4-5-9-13/h6-7,10-13,16-17H,3-5,8-9H2,1-2H3. The first-order chi connectivity index (χ1) is 9.54. The molecule has 0 spiro atoms. The van der Waals surface area contributed by atoms with Crippen LogP contribution in [0, 0.1) is 0 Å². The van der Waals surface area contributed by atoms with E-state index < -0.39 is 10.0 Å². The Balaban J connectivity index is 2.20. The average Bonchev–Trinajstić information content (AvgIpc) is 2.94. The van der Waals surface area contributed by atoms with Gasteiger partial charge < -0.3 is 5.32 Å². The Morgan fingerprint density at radius 3 is 2.55 bits per heavy atom. The summed E-state index contributed by atoms with van der Waals surface area (Å²) in [4.78, 5) is 0. The maximum absolute atomic E-state index is 12.4. The van der Waals surface area contributed by atoms with E-state index in [0.29, 0.717) is 5.69 Å². The van der Waals surface area contributed by atoms with Gasteiger partial charge in [-0.25, -0.2) is 8.42 Å². The van der Waals surface area contributed by atoms with Gasteiger partial charge >= 0.3 is 0 Å². The molecular formula is C15H24N2O2S. The molecule has 0 saturated heterocycles. The first-order valence-electron chi connectivity index (χ1n) is 7.38. The number of para-hydroxylation sites is 1. The van der Waals surface area contributed by atoms with Crippen LogP contribution in [0.1, 0.15) is 51.1 Å². The highest BCUT2D eigenvalue weighted by Gasteiger charge is 2.29. The average molecular weight is 296 g/mol. The van der Waals surface area contributed by atoms with Crippen LogP contribution in [0.25, 0.3) is 0 Å². The molecule has 1 aromatic carbocycles. The van der Waals surface area contributed by atoms with Crippen LogP contribution in [0.4, 0.5) is 5.69 Å². The second-order valence-electron chi connectivity index (χ2n) is 5.42. The van der Waals surface area contributed by atoms with Crippen molar-refractivity contribution in [3.63, 3.8) is 0 Å². The summed E-state index contributed by atoms with van der Waals surface area (Å²) < 4.78 is 27.6. The highest BCUT2D eigenvalue weighted by Crippen LogP contribution is 2.29. The highest BCUT2D eigenvalue weighted by atomic mass is 32.2. The van der Waals surface area contributed by atoms with Crippen LogP contribution in [0.2, 0.25) is 0 Å². The Morgan fingerprint density at radius 1 is 1.25 bits per heavy atom. The first kappa shape index (κ1) is 15.3. The van der Waals surface area contributed by atoms with Crippen molar-refractivity contribution in [2.45, 2.75) is 50.8 Å². The van der Waals surface area contributed by atoms with E-state index in [1.807, 2.05) is 38.1 Å². The molecule has 0 amide bonds. The molecule has 1 saturated carbocycles. The van der Waals surface area contributed by atoms with E-state index in [1.165, 1.54) is 0 Å². The number of nitrogens with one attached hydrogen (secondary N) is 2. The Hall–Kier alpha value is -1.07. The summed E-state index contributed by atoms with van der Waals surface area (Å²) in [5.41, 5.74) is 1.70. The lowest BCUT2D eigenvalue weighted by molar-refractivity contribution is 0.584. The molecule has 112 valence electrons. The van der Waals surface area contributed by atoms with Gasteiger partial charge in [-0.05, 0) is 37.9 Å². The van der Waals surface area contributed by atoms with Crippen LogP contribution in [-0.4, -0.2) is 20.2 Å². The number of anilines is 1. The molecule has 1 aromatic rings. The number of hydrogen-bond donors (Lipinski definition) is 2. The van der Waals surface area contributed by atoms with Crippen LogP contribution < -0.4 is 10.0 Å². The second kappa shape index (κ2) is 6.59. The Morgan fingerprint density at radius 2 is 1.90 bits per heavy atom. The third-order valence-corrected chi connectivity index (χ3v) is 5.78. The van der Waals surface area contributed by atoms with E-state index in [4.69, 9.17) is 0 Å². The summed E-state index contributed by atoms with van der Waals surface area (Å²) in [6.07, 6.45) is 3.59. The third-order valence-electron chi connectivity index (χ3n) is 3.93. The number of benzene rings is 1. The van der Waals surface area contributed by atoms with Crippen molar-refractivity contribution in [3.8, 4) is 0 Å². The minimum Gasteiger partial charge on any atom is -0.310 e. The van der Waals surface area contributed by atoms with E-state index in [2.05, 4.69) is 10.0 Å². The summed E-state index contributed by atoms with van der Waals surface area (Å²) >= 11 is 0. The van der Waals surface area contributed by atoms with Gasteiger partial charge in [0.05, 0.1) is 10.9 Å². The van der Waals surface area contributed by atoms with Crippen molar-refractivity contribution >= 4 is 15.7 Å².